The second-order valence-corrected chi connectivity index (χ2v) is 5.77. The van der Waals surface area contributed by atoms with E-state index in [4.69, 9.17) is 9.47 Å². The first-order chi connectivity index (χ1) is 12.2. The van der Waals surface area contributed by atoms with E-state index in [-0.39, 0.29) is 5.91 Å². The molecule has 0 bridgehead atoms. The molecule has 0 spiro atoms. The third-order valence-electron chi connectivity index (χ3n) is 4.08. The normalized spacial score (nSPS) is 11.8. The van der Waals surface area contributed by atoms with Gasteiger partial charge in [-0.1, -0.05) is 54.6 Å². The molecule has 1 N–H and O–H groups in total. The van der Waals surface area contributed by atoms with Gasteiger partial charge in [0.15, 0.2) is 17.6 Å². The first-order valence-corrected chi connectivity index (χ1v) is 8.23. The minimum absolute atomic E-state index is 0.168. The molecule has 0 aromatic heterocycles. The number of methoxy groups -OCH3 is 1. The van der Waals surface area contributed by atoms with Gasteiger partial charge in [-0.2, -0.15) is 0 Å². The zero-order chi connectivity index (χ0) is 17.6. The van der Waals surface area contributed by atoms with Gasteiger partial charge in [0.2, 0.25) is 0 Å². The van der Waals surface area contributed by atoms with Crippen molar-refractivity contribution in [1.29, 1.82) is 0 Å². The summed E-state index contributed by atoms with van der Waals surface area (Å²) in [6, 6.07) is 21.5. The van der Waals surface area contributed by atoms with Crippen LogP contribution in [-0.4, -0.2) is 19.1 Å². The van der Waals surface area contributed by atoms with Crippen LogP contribution >= 0.6 is 0 Å². The summed E-state index contributed by atoms with van der Waals surface area (Å²) in [6.07, 6.45) is -0.619. The van der Waals surface area contributed by atoms with Gasteiger partial charge < -0.3 is 14.8 Å². The minimum atomic E-state index is -0.619. The average molecular weight is 335 g/mol. The lowest BCUT2D eigenvalue weighted by atomic mass is 10.0. The summed E-state index contributed by atoms with van der Waals surface area (Å²) < 4.78 is 11.0. The molecule has 0 aliphatic rings. The van der Waals surface area contributed by atoms with Gasteiger partial charge >= 0.3 is 0 Å². The van der Waals surface area contributed by atoms with Gasteiger partial charge in [-0.05, 0) is 35.4 Å². The van der Waals surface area contributed by atoms with Crippen molar-refractivity contribution in [3.63, 3.8) is 0 Å². The van der Waals surface area contributed by atoms with Gasteiger partial charge in [-0.25, -0.2) is 0 Å². The maximum Gasteiger partial charge on any atom is 0.261 e. The second kappa shape index (κ2) is 7.71. The number of carbonyl (C=O) groups is 1. The van der Waals surface area contributed by atoms with Crippen LogP contribution in [0.1, 0.15) is 12.5 Å². The molecule has 0 aliphatic carbocycles. The highest BCUT2D eigenvalue weighted by Gasteiger charge is 2.16. The van der Waals surface area contributed by atoms with E-state index in [1.807, 2.05) is 36.4 Å². The molecule has 4 nitrogen and oxygen atoms in total. The van der Waals surface area contributed by atoms with Gasteiger partial charge in [0, 0.05) is 6.54 Å². The lowest BCUT2D eigenvalue weighted by Gasteiger charge is -2.17. The summed E-state index contributed by atoms with van der Waals surface area (Å²) in [4.78, 5) is 12.4. The van der Waals surface area contributed by atoms with E-state index in [2.05, 4.69) is 23.5 Å². The predicted octanol–water partition coefficient (Wildman–Crippen LogP) is 3.93. The lowest BCUT2D eigenvalue weighted by molar-refractivity contribution is -0.127. The second-order valence-electron chi connectivity index (χ2n) is 5.77. The Bertz CT molecular complexity index is 870. The molecule has 0 heterocycles. The van der Waals surface area contributed by atoms with Crippen molar-refractivity contribution in [1.82, 2.24) is 5.32 Å². The molecule has 0 saturated heterocycles. The third kappa shape index (κ3) is 3.91. The molecule has 0 aliphatic heterocycles. The van der Waals surface area contributed by atoms with Gasteiger partial charge in [0.05, 0.1) is 7.11 Å². The molecular weight excluding hydrogens is 314 g/mol. The number of hydrogen-bond donors (Lipinski definition) is 1. The highest BCUT2D eigenvalue weighted by Crippen LogP contribution is 2.26. The average Bonchev–Trinajstić information content (AvgIpc) is 2.66. The number of carbonyl (C=O) groups excluding carboxylic acids is 1. The number of para-hydroxylation sites is 2. The van der Waals surface area contributed by atoms with Crippen LogP contribution in [0.2, 0.25) is 0 Å². The Morgan fingerprint density at radius 1 is 0.960 bits per heavy atom. The largest absolute Gasteiger partial charge is 0.493 e. The monoisotopic (exact) mass is 335 g/mol. The van der Waals surface area contributed by atoms with E-state index < -0.39 is 6.10 Å². The van der Waals surface area contributed by atoms with Gasteiger partial charge in [0.1, 0.15) is 0 Å². The molecule has 3 rings (SSSR count). The summed E-state index contributed by atoms with van der Waals surface area (Å²) in [7, 11) is 1.58. The fraction of sp³-hybridized carbons (Fsp3) is 0.190. The molecule has 0 saturated carbocycles. The standard InChI is InChI=1S/C21H21NO3/c1-15(25-20-13-6-5-12-19(20)24-2)21(23)22-14-17-10-7-9-16-8-3-4-11-18(16)17/h3-13,15H,14H2,1-2H3,(H,22,23). The molecule has 3 aromatic carbocycles. The number of fused-ring (bicyclic) bond motifs is 1. The van der Waals surface area contributed by atoms with Crippen LogP contribution < -0.4 is 14.8 Å². The van der Waals surface area contributed by atoms with Crippen molar-refractivity contribution in [2.75, 3.05) is 7.11 Å². The topological polar surface area (TPSA) is 47.6 Å². The fourth-order valence-electron chi connectivity index (χ4n) is 2.73. The van der Waals surface area contributed by atoms with Gasteiger partial charge in [-0.3, -0.25) is 4.79 Å². The van der Waals surface area contributed by atoms with Crippen molar-refractivity contribution in [2.45, 2.75) is 19.6 Å². The van der Waals surface area contributed by atoms with Crippen molar-refractivity contribution in [2.24, 2.45) is 0 Å². The molecule has 3 aromatic rings. The number of hydrogen-bond acceptors (Lipinski definition) is 3. The summed E-state index contributed by atoms with van der Waals surface area (Å²) >= 11 is 0. The molecule has 0 fully saturated rings. The highest BCUT2D eigenvalue weighted by molar-refractivity contribution is 5.86. The Hall–Kier alpha value is -3.01. The van der Waals surface area contributed by atoms with Crippen molar-refractivity contribution in [3.8, 4) is 11.5 Å². The van der Waals surface area contributed by atoms with Crippen LogP contribution in [0.15, 0.2) is 66.7 Å². The van der Waals surface area contributed by atoms with Crippen LogP contribution in [0.25, 0.3) is 10.8 Å². The number of rotatable bonds is 6. The minimum Gasteiger partial charge on any atom is -0.493 e. The zero-order valence-electron chi connectivity index (χ0n) is 14.4. The Balaban J connectivity index is 1.65. The van der Waals surface area contributed by atoms with E-state index in [1.165, 1.54) is 0 Å². The molecule has 0 radical (unpaired) electrons. The zero-order valence-corrected chi connectivity index (χ0v) is 14.4. The van der Waals surface area contributed by atoms with Crippen LogP contribution in [0.5, 0.6) is 11.5 Å². The highest BCUT2D eigenvalue weighted by atomic mass is 16.5. The molecule has 4 heteroatoms. The maximum atomic E-state index is 12.4. The van der Waals surface area contributed by atoms with Crippen molar-refractivity contribution in [3.05, 3.63) is 72.3 Å². The van der Waals surface area contributed by atoms with Crippen LogP contribution in [0.4, 0.5) is 0 Å². The van der Waals surface area contributed by atoms with E-state index in [9.17, 15) is 4.79 Å². The summed E-state index contributed by atoms with van der Waals surface area (Å²) in [5.41, 5.74) is 1.08. The van der Waals surface area contributed by atoms with Crippen molar-refractivity contribution >= 4 is 16.7 Å². The quantitative estimate of drug-likeness (QED) is 0.742. The SMILES string of the molecule is COc1ccccc1OC(C)C(=O)NCc1cccc2ccccc12. The Morgan fingerprint density at radius 2 is 1.64 bits per heavy atom. The lowest BCUT2D eigenvalue weighted by Crippen LogP contribution is -2.36. The number of benzene rings is 3. The Kier molecular flexibility index (Phi) is 5.19. The fourth-order valence-corrected chi connectivity index (χ4v) is 2.73. The smallest absolute Gasteiger partial charge is 0.261 e. The first kappa shape index (κ1) is 16.8. The Labute approximate surface area is 147 Å². The third-order valence-corrected chi connectivity index (χ3v) is 4.08. The van der Waals surface area contributed by atoms with Gasteiger partial charge in [0.25, 0.3) is 5.91 Å². The van der Waals surface area contributed by atoms with Crippen molar-refractivity contribution < 1.29 is 14.3 Å². The summed E-state index contributed by atoms with van der Waals surface area (Å²) in [6.45, 7) is 2.19. The molecule has 1 amide bonds. The van der Waals surface area contributed by atoms with Crippen LogP contribution in [0.3, 0.4) is 0 Å². The first-order valence-electron chi connectivity index (χ1n) is 8.23. The van der Waals surface area contributed by atoms with Crippen LogP contribution in [0, 0.1) is 0 Å². The van der Waals surface area contributed by atoms with Crippen LogP contribution in [-0.2, 0) is 11.3 Å². The maximum absolute atomic E-state index is 12.4. The molecule has 25 heavy (non-hydrogen) atoms. The molecule has 1 atom stereocenters. The summed E-state index contributed by atoms with van der Waals surface area (Å²) in [5.74, 6) is 0.993. The summed E-state index contributed by atoms with van der Waals surface area (Å²) in [5, 5.41) is 5.25. The number of nitrogens with one attached hydrogen (secondary N) is 1. The van der Waals surface area contributed by atoms with E-state index in [0.29, 0.717) is 18.0 Å². The van der Waals surface area contributed by atoms with E-state index in [0.717, 1.165) is 16.3 Å². The molecule has 1 unspecified atom stereocenters. The number of amides is 1. The van der Waals surface area contributed by atoms with E-state index in [1.54, 1.807) is 26.2 Å². The van der Waals surface area contributed by atoms with E-state index >= 15 is 0 Å². The molecule has 128 valence electrons. The molecular formula is C21H21NO3. The predicted molar refractivity (Wildman–Crippen MR) is 98.9 cm³/mol. The van der Waals surface area contributed by atoms with Gasteiger partial charge in [-0.15, -0.1) is 0 Å². The number of ether oxygens (including phenoxy) is 2. The Morgan fingerprint density at radius 3 is 2.44 bits per heavy atom.